The molecule has 2 aliphatic heterocycles. The molecular formula is C22H21N3O5S. The van der Waals surface area contributed by atoms with Crippen LogP contribution in [0.2, 0.25) is 0 Å². The number of methoxy groups -OCH3 is 1. The molecule has 0 N–H and O–H groups in total. The van der Waals surface area contributed by atoms with Gasteiger partial charge in [-0.15, -0.1) is 10.2 Å². The molecule has 9 heteroatoms. The van der Waals surface area contributed by atoms with Gasteiger partial charge in [0.15, 0.2) is 11.5 Å². The van der Waals surface area contributed by atoms with Gasteiger partial charge in [0.1, 0.15) is 12.4 Å². The summed E-state index contributed by atoms with van der Waals surface area (Å²) < 4.78 is 22.6. The van der Waals surface area contributed by atoms with Gasteiger partial charge in [0.25, 0.3) is 11.1 Å². The quantitative estimate of drug-likeness (QED) is 0.557. The zero-order chi connectivity index (χ0) is 21.2. The van der Waals surface area contributed by atoms with E-state index in [1.54, 1.807) is 7.11 Å². The van der Waals surface area contributed by atoms with Gasteiger partial charge in [0.2, 0.25) is 12.0 Å². The third-order valence-electron chi connectivity index (χ3n) is 5.23. The number of carbonyl (C=O) groups excluding carboxylic acids is 1. The number of rotatable bonds is 5. The van der Waals surface area contributed by atoms with Gasteiger partial charge in [-0.3, -0.25) is 4.79 Å². The highest BCUT2D eigenvalue weighted by molar-refractivity contribution is 7.99. The number of para-hydroxylation sites is 2. The summed E-state index contributed by atoms with van der Waals surface area (Å²) >= 11 is 1.22. The van der Waals surface area contributed by atoms with E-state index in [1.165, 1.54) is 11.8 Å². The van der Waals surface area contributed by atoms with Crippen LogP contribution in [-0.2, 0) is 11.2 Å². The Hall–Kier alpha value is -3.20. The van der Waals surface area contributed by atoms with Gasteiger partial charge in [-0.1, -0.05) is 23.9 Å². The van der Waals surface area contributed by atoms with E-state index in [-0.39, 0.29) is 18.3 Å². The minimum atomic E-state index is -0.476. The third kappa shape index (κ3) is 4.05. The van der Waals surface area contributed by atoms with Crippen LogP contribution in [0, 0.1) is 0 Å². The molecule has 8 nitrogen and oxygen atoms in total. The van der Waals surface area contributed by atoms with Crippen molar-refractivity contribution in [1.29, 1.82) is 0 Å². The normalized spacial score (nSPS) is 17.2. The van der Waals surface area contributed by atoms with E-state index in [1.807, 2.05) is 47.4 Å². The van der Waals surface area contributed by atoms with Gasteiger partial charge in [-0.25, -0.2) is 0 Å². The lowest BCUT2D eigenvalue weighted by Crippen LogP contribution is -2.36. The van der Waals surface area contributed by atoms with E-state index in [0.717, 1.165) is 29.8 Å². The first kappa shape index (κ1) is 19.7. The van der Waals surface area contributed by atoms with Crippen LogP contribution in [-0.4, -0.2) is 42.1 Å². The first-order valence-electron chi connectivity index (χ1n) is 10.0. The fraction of sp³-hybridized carbons (Fsp3) is 0.318. The first-order chi connectivity index (χ1) is 15.2. The Labute approximate surface area is 183 Å². The summed E-state index contributed by atoms with van der Waals surface area (Å²) in [5, 5.41) is 8.46. The Balaban J connectivity index is 1.22. The van der Waals surface area contributed by atoms with Crippen molar-refractivity contribution in [3.8, 4) is 17.2 Å². The smallest absolute Gasteiger partial charge is 0.277 e. The second-order valence-corrected chi connectivity index (χ2v) is 8.13. The number of ether oxygens (including phenoxy) is 3. The largest absolute Gasteiger partial charge is 0.497 e. The molecule has 0 radical (unpaired) electrons. The van der Waals surface area contributed by atoms with Crippen LogP contribution >= 0.6 is 11.8 Å². The summed E-state index contributed by atoms with van der Waals surface area (Å²) in [5.74, 6) is 2.68. The Morgan fingerprint density at radius 2 is 2.10 bits per heavy atom. The molecule has 160 valence electrons. The van der Waals surface area contributed by atoms with Crippen LogP contribution in [0.4, 0.5) is 5.69 Å². The first-order valence-corrected chi connectivity index (χ1v) is 11.0. The van der Waals surface area contributed by atoms with Crippen LogP contribution in [0.25, 0.3) is 0 Å². The van der Waals surface area contributed by atoms with Crippen LogP contribution in [0.15, 0.2) is 52.1 Å². The molecule has 0 unspecified atom stereocenters. The number of aryl methyl sites for hydroxylation is 1. The molecule has 2 aliphatic rings. The number of aromatic nitrogens is 2. The monoisotopic (exact) mass is 439 g/mol. The minimum absolute atomic E-state index is 0.00189. The highest BCUT2D eigenvalue weighted by atomic mass is 32.2. The van der Waals surface area contributed by atoms with E-state index in [9.17, 15) is 4.79 Å². The van der Waals surface area contributed by atoms with Crippen molar-refractivity contribution in [1.82, 2.24) is 10.2 Å². The Morgan fingerprint density at radius 1 is 1.23 bits per heavy atom. The average Bonchev–Trinajstić information content (AvgIpc) is 3.30. The summed E-state index contributed by atoms with van der Waals surface area (Å²) in [5.41, 5.74) is 2.06. The molecule has 1 amide bonds. The number of hydrogen-bond donors (Lipinski definition) is 0. The van der Waals surface area contributed by atoms with Crippen molar-refractivity contribution in [3.63, 3.8) is 0 Å². The van der Waals surface area contributed by atoms with Crippen molar-refractivity contribution in [2.45, 2.75) is 24.2 Å². The third-order valence-corrected chi connectivity index (χ3v) is 6.03. The van der Waals surface area contributed by atoms with Crippen LogP contribution in [0.5, 0.6) is 17.2 Å². The van der Waals surface area contributed by atoms with E-state index < -0.39 is 6.10 Å². The molecule has 0 saturated carbocycles. The summed E-state index contributed by atoms with van der Waals surface area (Å²) in [6.45, 7) is 0.983. The molecule has 0 saturated heterocycles. The number of thioether (sulfide) groups is 1. The minimum Gasteiger partial charge on any atom is -0.497 e. The van der Waals surface area contributed by atoms with Gasteiger partial charge in [0.05, 0.1) is 12.9 Å². The van der Waals surface area contributed by atoms with E-state index in [0.29, 0.717) is 29.2 Å². The van der Waals surface area contributed by atoms with Gasteiger partial charge in [-0.2, -0.15) is 0 Å². The fourth-order valence-corrected chi connectivity index (χ4v) is 4.36. The molecule has 0 aliphatic carbocycles. The topological polar surface area (TPSA) is 86.9 Å². The van der Waals surface area contributed by atoms with E-state index in [2.05, 4.69) is 10.2 Å². The Bertz CT molecular complexity index is 1100. The van der Waals surface area contributed by atoms with Gasteiger partial charge < -0.3 is 23.5 Å². The zero-order valence-electron chi connectivity index (χ0n) is 16.9. The average molecular weight is 439 g/mol. The molecular weight excluding hydrogens is 418 g/mol. The van der Waals surface area contributed by atoms with Gasteiger partial charge in [-0.05, 0) is 48.7 Å². The lowest BCUT2D eigenvalue weighted by Gasteiger charge is -2.29. The lowest BCUT2D eigenvalue weighted by molar-refractivity contribution is -0.116. The maximum absolute atomic E-state index is 12.9. The molecule has 3 aromatic rings. The maximum atomic E-state index is 12.9. The molecule has 0 bridgehead atoms. The summed E-state index contributed by atoms with van der Waals surface area (Å²) in [4.78, 5) is 14.7. The number of hydrogen-bond acceptors (Lipinski definition) is 8. The zero-order valence-corrected chi connectivity index (χ0v) is 17.8. The van der Waals surface area contributed by atoms with Crippen LogP contribution < -0.4 is 19.1 Å². The van der Waals surface area contributed by atoms with Crippen molar-refractivity contribution >= 4 is 23.4 Å². The van der Waals surface area contributed by atoms with E-state index in [4.69, 9.17) is 18.6 Å². The van der Waals surface area contributed by atoms with E-state index >= 15 is 0 Å². The molecule has 1 atom stereocenters. The molecule has 3 heterocycles. The summed E-state index contributed by atoms with van der Waals surface area (Å²) in [6, 6.07) is 13.3. The molecule has 5 rings (SSSR count). The molecule has 0 fully saturated rings. The number of anilines is 1. The molecule has 0 spiro atoms. The number of fused-ring (bicyclic) bond motifs is 2. The summed E-state index contributed by atoms with van der Waals surface area (Å²) in [6.07, 6.45) is 1.38. The van der Waals surface area contributed by atoms with Gasteiger partial charge >= 0.3 is 0 Å². The van der Waals surface area contributed by atoms with Crippen molar-refractivity contribution in [2.75, 3.05) is 30.9 Å². The van der Waals surface area contributed by atoms with Crippen LogP contribution in [0.1, 0.15) is 24.0 Å². The number of nitrogens with zero attached hydrogens (tertiary/aromatic N) is 3. The molecule has 2 aromatic carbocycles. The summed E-state index contributed by atoms with van der Waals surface area (Å²) in [7, 11) is 1.64. The second-order valence-electron chi connectivity index (χ2n) is 7.20. The Morgan fingerprint density at radius 3 is 2.97 bits per heavy atom. The number of amides is 1. The van der Waals surface area contributed by atoms with Crippen molar-refractivity contribution in [2.24, 2.45) is 0 Å². The molecule has 31 heavy (non-hydrogen) atoms. The lowest BCUT2D eigenvalue weighted by atomic mass is 10.0. The number of carbonyl (C=O) groups is 1. The number of benzene rings is 2. The fourth-order valence-electron chi connectivity index (χ4n) is 3.71. The van der Waals surface area contributed by atoms with Gasteiger partial charge in [0, 0.05) is 12.2 Å². The second kappa shape index (κ2) is 8.50. The maximum Gasteiger partial charge on any atom is 0.277 e. The predicted octanol–water partition coefficient (Wildman–Crippen LogP) is 3.66. The predicted molar refractivity (Wildman–Crippen MR) is 114 cm³/mol. The highest BCUT2D eigenvalue weighted by Gasteiger charge is 2.28. The van der Waals surface area contributed by atoms with Crippen molar-refractivity contribution in [3.05, 3.63) is 53.9 Å². The van der Waals surface area contributed by atoms with Crippen LogP contribution in [0.3, 0.4) is 0 Å². The standard InChI is InChI=1S/C22H21N3O5S/c1-27-15-8-9-16-14(11-15)5-4-10-25(16)20(26)13-31-22-24-23-21(30-22)19-12-28-17-6-2-3-7-18(17)29-19/h2-3,6-9,11,19H,4-5,10,12-13H2,1H3/t19-/m0/s1. The Kier molecular flexibility index (Phi) is 5.42. The van der Waals surface area contributed by atoms with Crippen molar-refractivity contribution < 1.29 is 23.4 Å². The molecule has 1 aromatic heterocycles. The highest BCUT2D eigenvalue weighted by Crippen LogP contribution is 2.36. The SMILES string of the molecule is COc1ccc2c(c1)CCCN2C(=O)CSc1nnc([C@@H]2COc3ccccc3O2)o1.